The highest BCUT2D eigenvalue weighted by Gasteiger charge is 2.37. The molecule has 28 heavy (non-hydrogen) atoms. The Kier molecular flexibility index (Phi) is 5.54. The summed E-state index contributed by atoms with van der Waals surface area (Å²) in [6.07, 6.45) is 1.39. The van der Waals surface area contributed by atoms with Gasteiger partial charge < -0.3 is 4.90 Å². The average Bonchev–Trinajstić information content (AvgIpc) is 2.68. The zero-order chi connectivity index (χ0) is 20.3. The van der Waals surface area contributed by atoms with Crippen LogP contribution in [-0.2, 0) is 9.59 Å². The monoisotopic (exact) mass is 381 g/mol. The number of hydrogen-bond acceptors (Lipinski definition) is 4. The van der Waals surface area contributed by atoms with Crippen LogP contribution in [0.1, 0.15) is 19.4 Å². The van der Waals surface area contributed by atoms with Crippen LogP contribution in [0.25, 0.3) is 6.08 Å². The van der Waals surface area contributed by atoms with Crippen molar-refractivity contribution in [2.45, 2.75) is 13.8 Å². The van der Waals surface area contributed by atoms with Crippen LogP contribution in [0.4, 0.5) is 20.6 Å². The molecule has 1 fully saturated rings. The van der Waals surface area contributed by atoms with E-state index in [1.807, 2.05) is 12.1 Å². The van der Waals surface area contributed by atoms with Gasteiger partial charge in [-0.25, -0.2) is 14.1 Å². The number of benzene rings is 2. The van der Waals surface area contributed by atoms with E-state index >= 15 is 0 Å². The van der Waals surface area contributed by atoms with Gasteiger partial charge in [-0.1, -0.05) is 24.3 Å². The maximum Gasteiger partial charge on any atom is 0.336 e. The second-order valence-corrected chi connectivity index (χ2v) is 6.17. The van der Waals surface area contributed by atoms with Gasteiger partial charge in [-0.15, -0.1) is 0 Å². The molecule has 7 heteroatoms. The van der Waals surface area contributed by atoms with Crippen LogP contribution in [0.3, 0.4) is 0 Å². The minimum atomic E-state index is -0.978. The minimum Gasteiger partial charge on any atom is -0.372 e. The first-order valence-corrected chi connectivity index (χ1v) is 8.97. The minimum absolute atomic E-state index is 0.208. The zero-order valence-corrected chi connectivity index (χ0v) is 15.6. The highest BCUT2D eigenvalue weighted by atomic mass is 19.1. The molecule has 0 aromatic heterocycles. The Morgan fingerprint density at radius 1 is 1.00 bits per heavy atom. The van der Waals surface area contributed by atoms with Gasteiger partial charge in [-0.3, -0.25) is 14.9 Å². The van der Waals surface area contributed by atoms with Crippen molar-refractivity contribution in [1.82, 2.24) is 5.32 Å². The lowest BCUT2D eigenvalue weighted by atomic mass is 10.1. The molecule has 1 heterocycles. The van der Waals surface area contributed by atoms with Gasteiger partial charge in [0.05, 0.1) is 5.69 Å². The summed E-state index contributed by atoms with van der Waals surface area (Å²) < 4.78 is 14.1. The Labute approximate surface area is 162 Å². The number of hydrogen-bond donors (Lipinski definition) is 1. The van der Waals surface area contributed by atoms with E-state index < -0.39 is 23.7 Å². The molecule has 1 N–H and O–H groups in total. The standard InChI is InChI=1S/C21H20FN3O3/c1-3-24(4-2)15-11-9-14(10-12-15)13-16-19(26)23-21(28)25(20(16)27)18-8-6-5-7-17(18)22/h5-13H,3-4H2,1-2H3,(H,23,26,28)/b16-13-. The first kappa shape index (κ1) is 19.3. The van der Waals surface area contributed by atoms with E-state index in [1.165, 1.54) is 24.3 Å². The second-order valence-electron chi connectivity index (χ2n) is 6.17. The Morgan fingerprint density at radius 2 is 1.64 bits per heavy atom. The Morgan fingerprint density at radius 3 is 2.25 bits per heavy atom. The van der Waals surface area contributed by atoms with Gasteiger partial charge in [-0.2, -0.15) is 0 Å². The van der Waals surface area contributed by atoms with Crippen molar-refractivity contribution in [1.29, 1.82) is 0 Å². The molecule has 1 aliphatic heterocycles. The number of nitrogens with one attached hydrogen (secondary N) is 1. The molecule has 0 atom stereocenters. The number of para-hydroxylation sites is 1. The van der Waals surface area contributed by atoms with E-state index in [4.69, 9.17) is 0 Å². The van der Waals surface area contributed by atoms with Crippen molar-refractivity contribution < 1.29 is 18.8 Å². The number of rotatable bonds is 5. The number of carbonyl (C=O) groups excluding carboxylic acids is 3. The maximum absolute atomic E-state index is 14.1. The topological polar surface area (TPSA) is 69.7 Å². The van der Waals surface area contributed by atoms with Crippen molar-refractivity contribution in [3.8, 4) is 0 Å². The molecule has 2 aromatic rings. The van der Waals surface area contributed by atoms with Crippen LogP contribution in [-0.4, -0.2) is 30.9 Å². The molecule has 1 aliphatic rings. The smallest absolute Gasteiger partial charge is 0.336 e. The first-order valence-electron chi connectivity index (χ1n) is 8.97. The van der Waals surface area contributed by atoms with Gasteiger partial charge >= 0.3 is 6.03 Å². The normalized spacial score (nSPS) is 15.8. The molecular weight excluding hydrogens is 361 g/mol. The fraction of sp³-hybridized carbons (Fsp3) is 0.190. The van der Waals surface area contributed by atoms with Crippen molar-refractivity contribution in [2.75, 3.05) is 22.9 Å². The number of urea groups is 1. The van der Waals surface area contributed by atoms with Gasteiger partial charge in [0.1, 0.15) is 11.4 Å². The van der Waals surface area contributed by atoms with Crippen LogP contribution < -0.4 is 15.1 Å². The van der Waals surface area contributed by atoms with Gasteiger partial charge in [0.2, 0.25) is 0 Å². The van der Waals surface area contributed by atoms with E-state index in [2.05, 4.69) is 24.1 Å². The third kappa shape index (κ3) is 3.64. The van der Waals surface area contributed by atoms with Gasteiger partial charge in [0.25, 0.3) is 11.8 Å². The van der Waals surface area contributed by atoms with Crippen LogP contribution in [0.15, 0.2) is 54.1 Å². The third-order valence-electron chi connectivity index (χ3n) is 4.53. The lowest BCUT2D eigenvalue weighted by Crippen LogP contribution is -2.54. The summed E-state index contributed by atoms with van der Waals surface area (Å²) in [5.74, 6) is -2.41. The molecule has 0 saturated carbocycles. The van der Waals surface area contributed by atoms with E-state index in [0.29, 0.717) is 10.5 Å². The molecule has 0 radical (unpaired) electrons. The highest BCUT2D eigenvalue weighted by molar-refractivity contribution is 6.39. The Balaban J connectivity index is 1.94. The molecule has 0 bridgehead atoms. The van der Waals surface area contributed by atoms with E-state index in [0.717, 1.165) is 24.8 Å². The molecule has 0 aliphatic carbocycles. The lowest BCUT2D eigenvalue weighted by molar-refractivity contribution is -0.122. The fourth-order valence-corrected chi connectivity index (χ4v) is 3.05. The number of halogens is 1. The van der Waals surface area contributed by atoms with Gasteiger partial charge in [-0.05, 0) is 49.8 Å². The lowest BCUT2D eigenvalue weighted by Gasteiger charge is -2.26. The molecule has 4 amide bonds. The Bertz CT molecular complexity index is 950. The summed E-state index contributed by atoms with van der Waals surface area (Å²) in [5, 5.41) is 2.09. The number of anilines is 2. The van der Waals surface area contributed by atoms with Crippen molar-refractivity contribution in [2.24, 2.45) is 0 Å². The van der Waals surface area contributed by atoms with Crippen molar-refractivity contribution >= 4 is 35.3 Å². The van der Waals surface area contributed by atoms with Crippen LogP contribution in [0, 0.1) is 5.82 Å². The molecule has 0 unspecified atom stereocenters. The quantitative estimate of drug-likeness (QED) is 0.637. The number of amides is 4. The summed E-state index contributed by atoms with van der Waals surface area (Å²) in [5.41, 5.74) is 1.20. The first-order chi connectivity index (χ1) is 13.5. The number of imide groups is 2. The average molecular weight is 381 g/mol. The second kappa shape index (κ2) is 8.04. The number of barbiturate groups is 1. The number of nitrogens with zero attached hydrogens (tertiary/aromatic N) is 2. The SMILES string of the molecule is CCN(CC)c1ccc(/C=C2/C(=O)NC(=O)N(c3ccccc3F)C2=O)cc1. The molecule has 0 spiro atoms. The molecule has 6 nitrogen and oxygen atoms in total. The third-order valence-corrected chi connectivity index (χ3v) is 4.53. The summed E-state index contributed by atoms with van der Waals surface area (Å²) in [7, 11) is 0. The van der Waals surface area contributed by atoms with Crippen LogP contribution in [0.5, 0.6) is 0 Å². The number of carbonyl (C=O) groups is 3. The summed E-state index contributed by atoms with van der Waals surface area (Å²) in [6, 6.07) is 11.8. The van der Waals surface area contributed by atoms with E-state index in [-0.39, 0.29) is 11.3 Å². The highest BCUT2D eigenvalue weighted by Crippen LogP contribution is 2.25. The fourth-order valence-electron chi connectivity index (χ4n) is 3.05. The largest absolute Gasteiger partial charge is 0.372 e. The summed E-state index contributed by atoms with van der Waals surface area (Å²) in [4.78, 5) is 39.9. The van der Waals surface area contributed by atoms with Crippen molar-refractivity contribution in [3.05, 3.63) is 65.5 Å². The van der Waals surface area contributed by atoms with Crippen LogP contribution >= 0.6 is 0 Å². The van der Waals surface area contributed by atoms with Gasteiger partial charge in [0.15, 0.2) is 0 Å². The zero-order valence-electron chi connectivity index (χ0n) is 15.6. The molecule has 2 aromatic carbocycles. The predicted octanol–water partition coefficient (Wildman–Crippen LogP) is 3.34. The summed E-state index contributed by atoms with van der Waals surface area (Å²) in [6.45, 7) is 5.83. The Hall–Kier alpha value is -3.48. The summed E-state index contributed by atoms with van der Waals surface area (Å²) >= 11 is 0. The molecule has 144 valence electrons. The van der Waals surface area contributed by atoms with Gasteiger partial charge in [0, 0.05) is 18.8 Å². The van der Waals surface area contributed by atoms with E-state index in [9.17, 15) is 18.8 Å². The molecular formula is C21H20FN3O3. The maximum atomic E-state index is 14.1. The van der Waals surface area contributed by atoms with E-state index in [1.54, 1.807) is 12.1 Å². The van der Waals surface area contributed by atoms with Crippen LogP contribution in [0.2, 0.25) is 0 Å². The molecule has 1 saturated heterocycles. The van der Waals surface area contributed by atoms with Crippen molar-refractivity contribution in [3.63, 3.8) is 0 Å². The molecule has 3 rings (SSSR count). The predicted molar refractivity (Wildman–Crippen MR) is 105 cm³/mol.